The molecule has 158 valence electrons. The van der Waals surface area contributed by atoms with E-state index in [1.165, 1.54) is 0 Å². The Morgan fingerprint density at radius 2 is 1.77 bits per heavy atom. The molecule has 0 saturated carbocycles. The standard InChI is InChI=1S/C23H27N3O4/c1-3-30-23(29)26-13-11-17(12-14-26)21(27)25-20-10-5-4-9-19(20)22(28)24-18-8-6-7-16(2)15-18/h4-10,15,17H,3,11-14H2,1-2H3,(H,24,28)(H,25,27). The number of likely N-dealkylation sites (tertiary alicyclic amines) is 1. The zero-order valence-electron chi connectivity index (χ0n) is 17.3. The molecule has 0 bridgehead atoms. The molecule has 1 aliphatic heterocycles. The second-order valence-electron chi connectivity index (χ2n) is 7.32. The molecule has 1 fully saturated rings. The molecule has 3 rings (SSSR count). The van der Waals surface area contributed by atoms with Gasteiger partial charge >= 0.3 is 6.09 Å². The summed E-state index contributed by atoms with van der Waals surface area (Å²) in [6, 6.07) is 14.5. The minimum absolute atomic E-state index is 0.144. The molecule has 1 saturated heterocycles. The van der Waals surface area contributed by atoms with Crippen LogP contribution in [-0.2, 0) is 9.53 Å². The van der Waals surface area contributed by atoms with Crippen LogP contribution < -0.4 is 10.6 Å². The second-order valence-corrected chi connectivity index (χ2v) is 7.32. The van der Waals surface area contributed by atoms with Crippen molar-refractivity contribution in [2.45, 2.75) is 26.7 Å². The maximum atomic E-state index is 12.8. The topological polar surface area (TPSA) is 87.7 Å². The van der Waals surface area contributed by atoms with Gasteiger partial charge in [-0.2, -0.15) is 0 Å². The summed E-state index contributed by atoms with van der Waals surface area (Å²) in [6.07, 6.45) is 0.777. The summed E-state index contributed by atoms with van der Waals surface area (Å²) in [5.74, 6) is -0.647. The highest BCUT2D eigenvalue weighted by molar-refractivity contribution is 6.10. The fourth-order valence-corrected chi connectivity index (χ4v) is 3.49. The number of hydrogen-bond acceptors (Lipinski definition) is 4. The third-order valence-electron chi connectivity index (χ3n) is 5.10. The summed E-state index contributed by atoms with van der Waals surface area (Å²) in [5, 5.41) is 5.77. The van der Waals surface area contributed by atoms with Gasteiger partial charge in [-0.15, -0.1) is 0 Å². The van der Waals surface area contributed by atoms with Gasteiger partial charge in [0.2, 0.25) is 5.91 Å². The molecule has 30 heavy (non-hydrogen) atoms. The molecule has 0 atom stereocenters. The SMILES string of the molecule is CCOC(=O)N1CCC(C(=O)Nc2ccccc2C(=O)Nc2cccc(C)c2)CC1. The third-order valence-corrected chi connectivity index (χ3v) is 5.10. The molecule has 2 N–H and O–H groups in total. The van der Waals surface area contributed by atoms with Crippen molar-refractivity contribution in [2.24, 2.45) is 5.92 Å². The number of hydrogen-bond donors (Lipinski definition) is 2. The lowest BCUT2D eigenvalue weighted by Gasteiger charge is -2.30. The average molecular weight is 409 g/mol. The Morgan fingerprint density at radius 1 is 1.03 bits per heavy atom. The van der Waals surface area contributed by atoms with Gasteiger partial charge in [0.15, 0.2) is 0 Å². The molecule has 3 amide bonds. The van der Waals surface area contributed by atoms with Gasteiger partial charge in [0.25, 0.3) is 5.91 Å². The Kier molecular flexibility index (Phi) is 7.06. The fraction of sp³-hybridized carbons (Fsp3) is 0.348. The van der Waals surface area contributed by atoms with Crippen molar-refractivity contribution in [3.63, 3.8) is 0 Å². The minimum atomic E-state index is -0.338. The first-order chi connectivity index (χ1) is 14.5. The molecule has 0 unspecified atom stereocenters. The van der Waals surface area contributed by atoms with E-state index in [0.717, 1.165) is 5.56 Å². The van der Waals surface area contributed by atoms with Crippen molar-refractivity contribution in [3.05, 3.63) is 59.7 Å². The van der Waals surface area contributed by atoms with Crippen molar-refractivity contribution in [2.75, 3.05) is 30.3 Å². The monoisotopic (exact) mass is 409 g/mol. The fourth-order valence-electron chi connectivity index (χ4n) is 3.49. The Labute approximate surface area is 176 Å². The van der Waals surface area contributed by atoms with Crippen LogP contribution in [0, 0.1) is 12.8 Å². The summed E-state index contributed by atoms with van der Waals surface area (Å²) in [7, 11) is 0. The third kappa shape index (κ3) is 5.37. The van der Waals surface area contributed by atoms with E-state index in [1.807, 2.05) is 31.2 Å². The van der Waals surface area contributed by atoms with Crippen LogP contribution >= 0.6 is 0 Å². The number of carbonyl (C=O) groups excluding carboxylic acids is 3. The van der Waals surface area contributed by atoms with Gasteiger partial charge in [0.05, 0.1) is 17.9 Å². The molecule has 2 aromatic rings. The van der Waals surface area contributed by atoms with E-state index in [-0.39, 0.29) is 23.8 Å². The van der Waals surface area contributed by atoms with Crippen LogP contribution in [0.15, 0.2) is 48.5 Å². The maximum absolute atomic E-state index is 12.8. The summed E-state index contributed by atoms with van der Waals surface area (Å²) in [5.41, 5.74) is 2.62. The van der Waals surface area contributed by atoms with Crippen LogP contribution in [-0.4, -0.2) is 42.5 Å². The molecular weight excluding hydrogens is 382 g/mol. The van der Waals surface area contributed by atoms with E-state index in [2.05, 4.69) is 10.6 Å². The van der Waals surface area contributed by atoms with Crippen molar-refractivity contribution in [1.29, 1.82) is 0 Å². The first-order valence-corrected chi connectivity index (χ1v) is 10.2. The Bertz CT molecular complexity index is 920. The molecule has 7 heteroatoms. The van der Waals surface area contributed by atoms with Gasteiger partial charge in [-0.1, -0.05) is 24.3 Å². The summed E-state index contributed by atoms with van der Waals surface area (Å²) < 4.78 is 5.01. The van der Waals surface area contributed by atoms with Gasteiger partial charge in [-0.3, -0.25) is 9.59 Å². The lowest BCUT2D eigenvalue weighted by Crippen LogP contribution is -2.41. The molecule has 1 heterocycles. The van der Waals surface area contributed by atoms with Crippen LogP contribution in [0.3, 0.4) is 0 Å². The number of piperidine rings is 1. The molecule has 7 nitrogen and oxygen atoms in total. The number of nitrogens with zero attached hydrogens (tertiary/aromatic N) is 1. The number of ether oxygens (including phenoxy) is 1. The van der Waals surface area contributed by atoms with E-state index in [0.29, 0.717) is 49.5 Å². The quantitative estimate of drug-likeness (QED) is 0.780. The number of benzene rings is 2. The van der Waals surface area contributed by atoms with Crippen molar-refractivity contribution in [1.82, 2.24) is 4.90 Å². The van der Waals surface area contributed by atoms with Gasteiger partial charge in [-0.05, 0) is 56.5 Å². The van der Waals surface area contributed by atoms with Gasteiger partial charge in [0.1, 0.15) is 0 Å². The maximum Gasteiger partial charge on any atom is 0.409 e. The van der Waals surface area contributed by atoms with E-state index in [4.69, 9.17) is 4.74 Å². The zero-order valence-corrected chi connectivity index (χ0v) is 17.3. The number of rotatable bonds is 5. The highest BCUT2D eigenvalue weighted by Crippen LogP contribution is 2.23. The van der Waals surface area contributed by atoms with Crippen LogP contribution in [0.25, 0.3) is 0 Å². The van der Waals surface area contributed by atoms with Crippen LogP contribution in [0.4, 0.5) is 16.2 Å². The summed E-state index contributed by atoms with van der Waals surface area (Å²) >= 11 is 0. The number of nitrogens with one attached hydrogen (secondary N) is 2. The number of aryl methyl sites for hydroxylation is 1. The average Bonchev–Trinajstić information content (AvgIpc) is 2.74. The number of anilines is 2. The molecule has 0 spiro atoms. The summed E-state index contributed by atoms with van der Waals surface area (Å²) in [6.45, 7) is 5.02. The Hall–Kier alpha value is -3.35. The molecule has 0 aromatic heterocycles. The highest BCUT2D eigenvalue weighted by atomic mass is 16.6. The first-order valence-electron chi connectivity index (χ1n) is 10.2. The molecule has 1 aliphatic rings. The second kappa shape index (κ2) is 9.91. The van der Waals surface area contributed by atoms with E-state index in [1.54, 1.807) is 36.1 Å². The zero-order chi connectivity index (χ0) is 21.5. The van der Waals surface area contributed by atoms with E-state index in [9.17, 15) is 14.4 Å². The molecule has 2 aromatic carbocycles. The van der Waals surface area contributed by atoms with Crippen molar-refractivity contribution < 1.29 is 19.1 Å². The van der Waals surface area contributed by atoms with Crippen molar-refractivity contribution in [3.8, 4) is 0 Å². The minimum Gasteiger partial charge on any atom is -0.450 e. The number of amides is 3. The van der Waals surface area contributed by atoms with Crippen LogP contribution in [0.1, 0.15) is 35.7 Å². The van der Waals surface area contributed by atoms with Crippen molar-refractivity contribution >= 4 is 29.3 Å². The molecular formula is C23H27N3O4. The highest BCUT2D eigenvalue weighted by Gasteiger charge is 2.28. The van der Waals surface area contributed by atoms with Gasteiger partial charge in [-0.25, -0.2) is 4.79 Å². The lowest BCUT2D eigenvalue weighted by molar-refractivity contribution is -0.121. The van der Waals surface area contributed by atoms with Gasteiger partial charge in [0, 0.05) is 24.7 Å². The van der Waals surface area contributed by atoms with Crippen LogP contribution in [0.5, 0.6) is 0 Å². The van der Waals surface area contributed by atoms with E-state index < -0.39 is 0 Å². The number of carbonyl (C=O) groups is 3. The lowest BCUT2D eigenvalue weighted by atomic mass is 9.96. The van der Waals surface area contributed by atoms with Crippen LogP contribution in [0.2, 0.25) is 0 Å². The molecule has 0 radical (unpaired) electrons. The predicted molar refractivity (Wildman–Crippen MR) is 116 cm³/mol. The Morgan fingerprint density at radius 3 is 2.47 bits per heavy atom. The number of para-hydroxylation sites is 1. The summed E-state index contributed by atoms with van der Waals surface area (Å²) in [4.78, 5) is 39.0. The Balaban J connectivity index is 1.63. The first kappa shape index (κ1) is 21.4. The normalized spacial score (nSPS) is 14.1. The van der Waals surface area contributed by atoms with Gasteiger partial charge < -0.3 is 20.3 Å². The largest absolute Gasteiger partial charge is 0.450 e. The predicted octanol–water partition coefficient (Wildman–Crippen LogP) is 4.05. The molecule has 0 aliphatic carbocycles. The van der Waals surface area contributed by atoms with E-state index >= 15 is 0 Å². The smallest absolute Gasteiger partial charge is 0.409 e.